The van der Waals surface area contributed by atoms with E-state index in [2.05, 4.69) is 0 Å². The number of piperidine rings is 1. The summed E-state index contributed by atoms with van der Waals surface area (Å²) in [7, 11) is 2.69. The number of nitrogens with zero attached hydrogens (tertiary/aromatic N) is 1. The van der Waals surface area contributed by atoms with Crippen molar-refractivity contribution in [3.63, 3.8) is 0 Å². The van der Waals surface area contributed by atoms with E-state index in [9.17, 15) is 22.8 Å². The van der Waals surface area contributed by atoms with E-state index >= 15 is 0 Å². The van der Waals surface area contributed by atoms with Gasteiger partial charge in [0.2, 0.25) is 5.60 Å². The second-order valence-corrected chi connectivity index (χ2v) is 6.39. The number of carbonyl (C=O) groups is 2. The van der Waals surface area contributed by atoms with Crippen molar-refractivity contribution in [3.05, 3.63) is 34.9 Å². The predicted molar refractivity (Wildman–Crippen MR) is 88.5 cm³/mol. The molecule has 2 rings (SSSR count). The monoisotopic (exact) mass is 389 g/mol. The maximum absolute atomic E-state index is 12.9. The number of methoxy groups -OCH3 is 1. The number of hydrogen-bond donors (Lipinski definition) is 0. The van der Waals surface area contributed by atoms with Crippen molar-refractivity contribution in [1.82, 2.24) is 5.06 Å². The Kier molecular flexibility index (Phi) is 6.48. The topological polar surface area (TPSA) is 65.1 Å². The van der Waals surface area contributed by atoms with Gasteiger partial charge >= 0.3 is 18.1 Å². The molecule has 1 aliphatic rings. The highest BCUT2D eigenvalue weighted by molar-refractivity contribution is 5.84. The van der Waals surface area contributed by atoms with Gasteiger partial charge in [-0.3, -0.25) is 4.79 Å². The summed E-state index contributed by atoms with van der Waals surface area (Å²) in [5, 5.41) is 1.62. The lowest BCUT2D eigenvalue weighted by Crippen LogP contribution is -2.52. The lowest BCUT2D eigenvalue weighted by molar-refractivity contribution is -0.205. The molecule has 150 valence electrons. The van der Waals surface area contributed by atoms with Crippen LogP contribution in [0.4, 0.5) is 13.2 Å². The fourth-order valence-electron chi connectivity index (χ4n) is 3.01. The van der Waals surface area contributed by atoms with Crippen LogP contribution in [0.15, 0.2) is 18.2 Å². The summed E-state index contributed by atoms with van der Waals surface area (Å²) in [5.74, 6) is -1.47. The second kappa shape index (κ2) is 8.26. The first-order valence-electron chi connectivity index (χ1n) is 8.37. The Morgan fingerprint density at radius 2 is 1.81 bits per heavy atom. The number of rotatable bonds is 5. The Labute approximate surface area is 155 Å². The Morgan fingerprint density at radius 3 is 2.33 bits per heavy atom. The van der Waals surface area contributed by atoms with Gasteiger partial charge in [-0.05, 0) is 30.2 Å². The van der Waals surface area contributed by atoms with Crippen molar-refractivity contribution in [2.75, 3.05) is 27.3 Å². The van der Waals surface area contributed by atoms with Gasteiger partial charge in [-0.25, -0.2) is 4.79 Å². The molecule has 6 nitrogen and oxygen atoms in total. The van der Waals surface area contributed by atoms with Crippen LogP contribution in [-0.2, 0) is 36.5 Å². The highest BCUT2D eigenvalue weighted by atomic mass is 19.4. The number of esters is 2. The van der Waals surface area contributed by atoms with Gasteiger partial charge in [0.1, 0.15) is 0 Å². The van der Waals surface area contributed by atoms with Crippen LogP contribution in [0.1, 0.15) is 29.5 Å². The smallest absolute Gasteiger partial charge is 0.416 e. The largest absolute Gasteiger partial charge is 0.466 e. The van der Waals surface area contributed by atoms with Crippen LogP contribution in [0, 0.1) is 6.92 Å². The summed E-state index contributed by atoms with van der Waals surface area (Å²) in [6.45, 7) is 2.30. The van der Waals surface area contributed by atoms with Crippen LogP contribution in [0.5, 0.6) is 0 Å². The fourth-order valence-corrected chi connectivity index (χ4v) is 3.01. The number of alkyl halides is 3. The molecule has 0 aliphatic carbocycles. The highest BCUT2D eigenvalue weighted by Gasteiger charge is 2.46. The molecule has 1 aromatic rings. The predicted octanol–water partition coefficient (Wildman–Crippen LogP) is 2.67. The second-order valence-electron chi connectivity index (χ2n) is 6.39. The van der Waals surface area contributed by atoms with Gasteiger partial charge in [-0.15, -0.1) is 0 Å². The van der Waals surface area contributed by atoms with Gasteiger partial charge in [0.25, 0.3) is 0 Å². The Bertz CT molecular complexity index is 697. The third kappa shape index (κ3) is 4.98. The van der Waals surface area contributed by atoms with Crippen molar-refractivity contribution in [3.8, 4) is 0 Å². The Hall–Kier alpha value is -2.13. The van der Waals surface area contributed by atoms with E-state index in [4.69, 9.17) is 14.3 Å². The van der Waals surface area contributed by atoms with Crippen molar-refractivity contribution >= 4 is 11.9 Å². The van der Waals surface area contributed by atoms with Crippen LogP contribution < -0.4 is 0 Å². The van der Waals surface area contributed by atoms with Gasteiger partial charge in [0.15, 0.2) is 0 Å². The number of hydrogen-bond acceptors (Lipinski definition) is 6. The molecule has 0 saturated carbocycles. The molecule has 0 atom stereocenters. The molecule has 0 aromatic heterocycles. The van der Waals surface area contributed by atoms with Gasteiger partial charge in [0, 0.05) is 25.9 Å². The van der Waals surface area contributed by atoms with Crippen molar-refractivity contribution < 1.29 is 37.1 Å². The van der Waals surface area contributed by atoms with E-state index in [1.807, 2.05) is 0 Å². The standard InChI is InChI=1S/C18H22F3NO5/c1-12-4-5-14(18(19,20)21)10-13(12)11-15(23)27-17(16(24)25-2)6-8-22(26-3)9-7-17/h4-5,10H,6-9,11H2,1-3H3. The molecule has 1 heterocycles. The maximum atomic E-state index is 12.9. The Balaban J connectivity index is 2.16. The molecule has 0 spiro atoms. The summed E-state index contributed by atoms with van der Waals surface area (Å²) in [5.41, 5.74) is -1.58. The van der Waals surface area contributed by atoms with Crippen LogP contribution in [0.3, 0.4) is 0 Å². The first kappa shape index (κ1) is 21.2. The highest BCUT2D eigenvalue weighted by Crippen LogP contribution is 2.32. The molecule has 0 unspecified atom stereocenters. The van der Waals surface area contributed by atoms with Crippen LogP contribution in [-0.4, -0.2) is 49.9 Å². The zero-order chi connectivity index (χ0) is 20.2. The minimum atomic E-state index is -4.51. The number of carbonyl (C=O) groups excluding carboxylic acids is 2. The maximum Gasteiger partial charge on any atom is 0.416 e. The molecule has 1 aromatic carbocycles. The van der Waals surface area contributed by atoms with Gasteiger partial charge in [0.05, 0.1) is 26.2 Å². The molecule has 27 heavy (non-hydrogen) atoms. The molecule has 0 N–H and O–H groups in total. The van der Waals surface area contributed by atoms with E-state index in [0.717, 1.165) is 12.1 Å². The average molecular weight is 389 g/mol. The van der Waals surface area contributed by atoms with Crippen LogP contribution in [0.2, 0.25) is 0 Å². The first-order valence-corrected chi connectivity index (χ1v) is 8.37. The fraction of sp³-hybridized carbons (Fsp3) is 0.556. The molecule has 0 radical (unpaired) electrons. The van der Waals surface area contributed by atoms with Crippen molar-refractivity contribution in [2.45, 2.75) is 38.0 Å². The van der Waals surface area contributed by atoms with Gasteiger partial charge < -0.3 is 14.3 Å². The summed E-state index contributed by atoms with van der Waals surface area (Å²) in [6.07, 6.45) is -4.54. The Morgan fingerprint density at radius 1 is 1.19 bits per heavy atom. The van der Waals surface area contributed by atoms with E-state index in [1.165, 1.54) is 20.3 Å². The molecule has 1 aliphatic heterocycles. The lowest BCUT2D eigenvalue weighted by Gasteiger charge is -2.37. The quantitative estimate of drug-likeness (QED) is 0.722. The zero-order valence-electron chi connectivity index (χ0n) is 15.4. The minimum absolute atomic E-state index is 0.167. The van der Waals surface area contributed by atoms with E-state index in [1.54, 1.807) is 12.0 Å². The lowest BCUT2D eigenvalue weighted by atomic mass is 9.91. The minimum Gasteiger partial charge on any atom is -0.466 e. The number of ether oxygens (including phenoxy) is 2. The van der Waals surface area contributed by atoms with E-state index in [-0.39, 0.29) is 24.8 Å². The molecule has 1 saturated heterocycles. The van der Waals surface area contributed by atoms with Crippen LogP contribution >= 0.6 is 0 Å². The summed E-state index contributed by atoms with van der Waals surface area (Å²) < 4.78 is 48.9. The molecule has 1 fully saturated rings. The van der Waals surface area contributed by atoms with Gasteiger partial charge in [-0.2, -0.15) is 18.2 Å². The van der Waals surface area contributed by atoms with Gasteiger partial charge in [-0.1, -0.05) is 6.07 Å². The molecule has 0 bridgehead atoms. The normalized spacial score (nSPS) is 17.4. The van der Waals surface area contributed by atoms with Crippen molar-refractivity contribution in [1.29, 1.82) is 0 Å². The van der Waals surface area contributed by atoms with E-state index in [0.29, 0.717) is 18.7 Å². The molecule has 0 amide bonds. The van der Waals surface area contributed by atoms with E-state index < -0.39 is 29.3 Å². The summed E-state index contributed by atoms with van der Waals surface area (Å²) in [4.78, 5) is 29.7. The summed E-state index contributed by atoms with van der Waals surface area (Å²) >= 11 is 0. The van der Waals surface area contributed by atoms with Crippen molar-refractivity contribution in [2.24, 2.45) is 0 Å². The molecule has 9 heteroatoms. The third-order valence-corrected chi connectivity index (χ3v) is 4.67. The number of hydroxylamine groups is 2. The summed E-state index contributed by atoms with van der Waals surface area (Å²) in [6, 6.07) is 3.19. The number of aryl methyl sites for hydroxylation is 1. The zero-order valence-corrected chi connectivity index (χ0v) is 15.4. The molecular formula is C18H22F3NO5. The van der Waals surface area contributed by atoms with Crippen LogP contribution in [0.25, 0.3) is 0 Å². The average Bonchev–Trinajstić information content (AvgIpc) is 2.62. The molecular weight excluding hydrogens is 367 g/mol. The first-order chi connectivity index (χ1) is 12.6. The number of benzene rings is 1. The number of halogens is 3. The third-order valence-electron chi connectivity index (χ3n) is 4.67. The SMILES string of the molecule is COC(=O)C1(OC(=O)Cc2cc(C(F)(F)F)ccc2C)CCN(OC)CC1.